The lowest BCUT2D eigenvalue weighted by Gasteiger charge is -2.35. The highest BCUT2D eigenvalue weighted by atomic mass is 32.1. The average molecular weight is 473 g/mol. The van der Waals surface area contributed by atoms with Crippen molar-refractivity contribution in [1.29, 1.82) is 0 Å². The molecule has 2 aliphatic heterocycles. The van der Waals surface area contributed by atoms with Crippen molar-refractivity contribution in [3.63, 3.8) is 0 Å². The zero-order valence-corrected chi connectivity index (χ0v) is 19.5. The molecule has 4 rings (SSSR count). The number of anilines is 1. The maximum Gasteiger partial charge on any atom is 0.323 e. The summed E-state index contributed by atoms with van der Waals surface area (Å²) in [5, 5.41) is 8.02. The fraction of sp³-hybridized carbons (Fsp3) is 0.435. The first-order valence-corrected chi connectivity index (χ1v) is 11.8. The van der Waals surface area contributed by atoms with Gasteiger partial charge in [-0.2, -0.15) is 0 Å². The number of methoxy groups -OCH3 is 2. The van der Waals surface area contributed by atoms with E-state index in [1.165, 1.54) is 23.3 Å². The molecule has 0 spiro atoms. The van der Waals surface area contributed by atoms with Gasteiger partial charge in [0.2, 0.25) is 5.91 Å². The third kappa shape index (κ3) is 4.81. The van der Waals surface area contributed by atoms with Crippen LogP contribution in [-0.2, 0) is 14.3 Å². The van der Waals surface area contributed by atoms with Gasteiger partial charge in [0, 0.05) is 36.7 Å². The highest BCUT2D eigenvalue weighted by molar-refractivity contribution is 7.10. The second kappa shape index (κ2) is 10.2. The molecule has 2 aliphatic rings. The van der Waals surface area contributed by atoms with Gasteiger partial charge in [-0.1, -0.05) is 6.07 Å². The molecule has 2 N–H and O–H groups in total. The predicted octanol–water partition coefficient (Wildman–Crippen LogP) is 2.33. The molecule has 10 heteroatoms. The number of amides is 3. The summed E-state index contributed by atoms with van der Waals surface area (Å²) in [7, 11) is 2.91. The second-order valence-corrected chi connectivity index (χ2v) is 8.96. The van der Waals surface area contributed by atoms with E-state index in [0.29, 0.717) is 37.6 Å². The lowest BCUT2D eigenvalue weighted by Crippen LogP contribution is -2.54. The number of benzene rings is 1. The number of likely N-dealkylation sites (tertiary alicyclic amines) is 1. The van der Waals surface area contributed by atoms with Gasteiger partial charge >= 0.3 is 12.0 Å². The van der Waals surface area contributed by atoms with E-state index in [2.05, 4.69) is 10.6 Å². The number of piperazine rings is 1. The van der Waals surface area contributed by atoms with E-state index in [1.807, 2.05) is 17.5 Å². The van der Waals surface area contributed by atoms with Crippen LogP contribution in [0, 0.1) is 5.92 Å². The molecule has 1 aromatic heterocycles. The van der Waals surface area contributed by atoms with Crippen molar-refractivity contribution in [1.82, 2.24) is 15.1 Å². The zero-order valence-electron chi connectivity index (χ0n) is 18.7. The minimum Gasteiger partial charge on any atom is -0.497 e. The molecule has 2 saturated heterocycles. The molecular formula is C23H28N4O5S. The molecule has 0 aliphatic carbocycles. The number of thiophene rings is 1. The van der Waals surface area contributed by atoms with Crippen LogP contribution in [0.3, 0.4) is 0 Å². The molecule has 0 saturated carbocycles. The molecule has 33 heavy (non-hydrogen) atoms. The fourth-order valence-corrected chi connectivity index (χ4v) is 5.38. The van der Waals surface area contributed by atoms with Crippen LogP contribution < -0.4 is 15.4 Å². The SMILES string of the molecule is COC(=O)C1CC(C(=O)N2CCNCC2)N(C(=O)Nc2ccc(OC)cc2)C1c1cccs1. The monoisotopic (exact) mass is 472 g/mol. The molecule has 0 radical (unpaired) electrons. The summed E-state index contributed by atoms with van der Waals surface area (Å²) in [6, 6.07) is 8.93. The number of carbonyl (C=O) groups is 3. The number of hydrogen-bond donors (Lipinski definition) is 2. The van der Waals surface area contributed by atoms with Crippen molar-refractivity contribution < 1.29 is 23.9 Å². The molecule has 0 bridgehead atoms. The van der Waals surface area contributed by atoms with E-state index < -0.39 is 30.0 Å². The lowest BCUT2D eigenvalue weighted by atomic mass is 9.97. The van der Waals surface area contributed by atoms with Crippen molar-refractivity contribution in [2.24, 2.45) is 5.92 Å². The molecule has 9 nitrogen and oxygen atoms in total. The Morgan fingerprint density at radius 2 is 1.82 bits per heavy atom. The van der Waals surface area contributed by atoms with Gasteiger partial charge in [-0.3, -0.25) is 9.59 Å². The molecule has 3 atom stereocenters. The Kier molecular flexibility index (Phi) is 7.14. The standard InChI is InChI=1S/C23H28N4O5S/c1-31-16-7-5-15(6-8-16)25-23(30)27-18(21(28)26-11-9-24-10-12-26)14-17(22(29)32-2)20(27)19-4-3-13-33-19/h3-8,13,17-18,20,24H,9-12,14H2,1-2H3,(H,25,30). The molecule has 2 fully saturated rings. The van der Waals surface area contributed by atoms with Gasteiger partial charge in [-0.15, -0.1) is 11.3 Å². The lowest BCUT2D eigenvalue weighted by molar-refractivity contribution is -0.146. The first-order valence-electron chi connectivity index (χ1n) is 10.9. The number of nitrogens with zero attached hydrogens (tertiary/aromatic N) is 2. The first kappa shape index (κ1) is 23.1. The van der Waals surface area contributed by atoms with Crippen LogP contribution in [0.2, 0.25) is 0 Å². The minimum absolute atomic E-state index is 0.144. The molecule has 3 heterocycles. The topological polar surface area (TPSA) is 100 Å². The molecule has 1 aromatic carbocycles. The van der Waals surface area contributed by atoms with Crippen molar-refractivity contribution in [3.05, 3.63) is 46.7 Å². The minimum atomic E-state index is -0.766. The fourth-order valence-electron chi connectivity index (χ4n) is 4.49. The highest BCUT2D eigenvalue weighted by Crippen LogP contribution is 2.44. The second-order valence-electron chi connectivity index (χ2n) is 7.98. The van der Waals surface area contributed by atoms with E-state index in [0.717, 1.165) is 4.88 Å². The van der Waals surface area contributed by atoms with Crippen LogP contribution in [0.15, 0.2) is 41.8 Å². The van der Waals surface area contributed by atoms with Gasteiger partial charge in [0.05, 0.1) is 26.2 Å². The zero-order chi connectivity index (χ0) is 23.4. The number of rotatable bonds is 5. The number of carbonyl (C=O) groups excluding carboxylic acids is 3. The number of nitrogens with one attached hydrogen (secondary N) is 2. The van der Waals surface area contributed by atoms with Gasteiger partial charge in [-0.05, 0) is 42.1 Å². The maximum atomic E-state index is 13.6. The van der Waals surface area contributed by atoms with E-state index in [4.69, 9.17) is 9.47 Å². The molecule has 3 amide bonds. The third-order valence-corrected chi connectivity index (χ3v) is 7.06. The number of urea groups is 1. The Bertz CT molecular complexity index is 975. The number of hydrogen-bond acceptors (Lipinski definition) is 7. The van der Waals surface area contributed by atoms with Gasteiger partial charge in [0.25, 0.3) is 0 Å². The van der Waals surface area contributed by atoms with Gasteiger partial charge in [-0.25, -0.2) is 4.79 Å². The third-order valence-electron chi connectivity index (χ3n) is 6.12. The van der Waals surface area contributed by atoms with Crippen molar-refractivity contribution >= 4 is 34.9 Å². The van der Waals surface area contributed by atoms with E-state index >= 15 is 0 Å². The van der Waals surface area contributed by atoms with E-state index in [-0.39, 0.29) is 12.3 Å². The smallest absolute Gasteiger partial charge is 0.323 e. The number of esters is 1. The van der Waals surface area contributed by atoms with Crippen LogP contribution in [-0.4, -0.2) is 74.1 Å². The van der Waals surface area contributed by atoms with Crippen molar-refractivity contribution in [3.8, 4) is 5.75 Å². The normalized spacial score (nSPS) is 22.7. The molecular weight excluding hydrogens is 444 g/mol. The van der Waals surface area contributed by atoms with Crippen LogP contribution in [0.5, 0.6) is 5.75 Å². The Morgan fingerprint density at radius 3 is 2.42 bits per heavy atom. The van der Waals surface area contributed by atoms with Crippen LogP contribution in [0.4, 0.5) is 10.5 Å². The van der Waals surface area contributed by atoms with Gasteiger partial charge in [0.1, 0.15) is 11.8 Å². The summed E-state index contributed by atoms with van der Waals surface area (Å²) >= 11 is 1.45. The van der Waals surface area contributed by atoms with Gasteiger partial charge < -0.3 is 29.9 Å². The van der Waals surface area contributed by atoms with E-state index in [1.54, 1.807) is 36.3 Å². The van der Waals surface area contributed by atoms with Crippen LogP contribution in [0.25, 0.3) is 0 Å². The van der Waals surface area contributed by atoms with E-state index in [9.17, 15) is 14.4 Å². The summed E-state index contributed by atoms with van der Waals surface area (Å²) in [5.41, 5.74) is 0.570. The van der Waals surface area contributed by atoms with Crippen molar-refractivity contribution in [2.45, 2.75) is 18.5 Å². The van der Waals surface area contributed by atoms with Gasteiger partial charge in [0.15, 0.2) is 0 Å². The molecule has 2 aromatic rings. The Hall–Kier alpha value is -3.11. The summed E-state index contributed by atoms with van der Waals surface area (Å²) < 4.78 is 10.2. The van der Waals surface area contributed by atoms with Crippen LogP contribution in [0.1, 0.15) is 17.3 Å². The Morgan fingerprint density at radius 1 is 1.09 bits per heavy atom. The largest absolute Gasteiger partial charge is 0.497 e. The Labute approximate surface area is 196 Å². The quantitative estimate of drug-likeness (QED) is 0.648. The highest BCUT2D eigenvalue weighted by Gasteiger charge is 2.52. The summed E-state index contributed by atoms with van der Waals surface area (Å²) in [4.78, 5) is 44.0. The Balaban J connectivity index is 1.67. The summed E-state index contributed by atoms with van der Waals surface area (Å²) in [6.07, 6.45) is 0.216. The maximum absolute atomic E-state index is 13.6. The molecule has 3 unspecified atom stereocenters. The van der Waals surface area contributed by atoms with Crippen LogP contribution >= 0.6 is 11.3 Å². The number of ether oxygens (including phenoxy) is 2. The average Bonchev–Trinajstić information content (AvgIpc) is 3.52. The van der Waals surface area contributed by atoms with Crippen molar-refractivity contribution in [2.75, 3.05) is 45.7 Å². The summed E-state index contributed by atoms with van der Waals surface area (Å²) in [5.74, 6) is -0.532. The molecule has 176 valence electrons. The predicted molar refractivity (Wildman–Crippen MR) is 124 cm³/mol. The summed E-state index contributed by atoms with van der Waals surface area (Å²) in [6.45, 7) is 2.53. The first-order chi connectivity index (χ1) is 16.0.